The number of nitrogens with zero attached hydrogens (tertiary/aromatic N) is 9. The molecule has 6 aromatic heterocycles. The first-order chi connectivity index (χ1) is 32.2. The van der Waals surface area contributed by atoms with Crippen LogP contribution in [-0.4, -0.2) is 72.3 Å². The molecule has 5 aliphatic rings. The van der Waals surface area contributed by atoms with E-state index in [0.29, 0.717) is 59.0 Å². The average molecular weight is 907 g/mol. The first-order valence-corrected chi connectivity index (χ1v) is 23.2. The minimum atomic E-state index is -0.788. The molecule has 8 heterocycles. The number of fused-ring (bicyclic) bond motifs is 5. The Morgan fingerprint density at radius 1 is 0.940 bits per heavy atom. The maximum atomic E-state index is 16.2. The molecule has 6 atom stereocenters. The molecule has 342 valence electrons. The minimum absolute atomic E-state index is 0.0294. The van der Waals surface area contributed by atoms with Crippen LogP contribution in [0.25, 0.3) is 33.6 Å². The van der Waals surface area contributed by atoms with Gasteiger partial charge in [0.15, 0.2) is 11.6 Å². The molecule has 2 aromatic carbocycles. The Balaban J connectivity index is 0.971. The van der Waals surface area contributed by atoms with Crippen LogP contribution in [0, 0.1) is 17.6 Å². The maximum Gasteiger partial charge on any atom is 0.438 e. The minimum Gasteiger partial charge on any atom is -0.376 e. The van der Waals surface area contributed by atoms with E-state index in [4.69, 9.17) is 14.4 Å². The van der Waals surface area contributed by atoms with Gasteiger partial charge >= 0.3 is 11.4 Å². The van der Waals surface area contributed by atoms with Crippen LogP contribution >= 0.6 is 0 Å². The molecule has 8 aromatic rings. The van der Waals surface area contributed by atoms with Crippen molar-refractivity contribution < 1.29 is 22.8 Å². The molecule has 4 fully saturated rings. The van der Waals surface area contributed by atoms with Crippen LogP contribution in [-0.2, 0) is 17.2 Å². The van der Waals surface area contributed by atoms with E-state index >= 15 is 13.6 Å². The number of ether oxygens (including phenoxy) is 1. The number of hydrogen-bond acceptors (Lipinski definition) is 8. The van der Waals surface area contributed by atoms with Gasteiger partial charge in [-0.1, -0.05) is 18.1 Å². The van der Waals surface area contributed by atoms with Crippen molar-refractivity contribution in [2.75, 3.05) is 6.61 Å². The topological polar surface area (TPSA) is 155 Å². The van der Waals surface area contributed by atoms with Gasteiger partial charge in [-0.2, -0.15) is 10.2 Å². The molecule has 17 heteroatoms. The molecule has 1 N–H and O–H groups in total. The molecular weight excluding hydrogens is 859 g/mol. The summed E-state index contributed by atoms with van der Waals surface area (Å²) in [6, 6.07) is 11.6. The lowest BCUT2D eigenvalue weighted by molar-refractivity contribution is -0.0593. The Hall–Kier alpha value is -6.88. The van der Waals surface area contributed by atoms with E-state index in [2.05, 4.69) is 58.7 Å². The Kier molecular flexibility index (Phi) is 8.35. The normalized spacial score (nSPS) is 25.2. The number of benzene rings is 2. The highest BCUT2D eigenvalue weighted by molar-refractivity contribution is 6.00. The van der Waals surface area contributed by atoms with Crippen LogP contribution in [0.2, 0.25) is 0 Å². The van der Waals surface area contributed by atoms with Gasteiger partial charge in [-0.25, -0.2) is 23.1 Å². The van der Waals surface area contributed by atoms with Gasteiger partial charge < -0.3 is 14.0 Å². The first kappa shape index (κ1) is 40.4. The Labute approximate surface area is 381 Å². The number of rotatable bonds is 8. The van der Waals surface area contributed by atoms with Crippen LogP contribution in [0.3, 0.4) is 0 Å². The number of aromatic nitrogens is 9. The Bertz CT molecular complexity index is 3530. The smallest absolute Gasteiger partial charge is 0.376 e. The third kappa shape index (κ3) is 5.88. The second kappa shape index (κ2) is 13.8. The first-order valence-electron chi connectivity index (χ1n) is 23.2. The summed E-state index contributed by atoms with van der Waals surface area (Å²) in [6.45, 7) is 8.94. The number of carbonyl (C=O) groups excluding carboxylic acids is 1. The number of aryl methyl sites for hydroxylation is 1. The molecule has 1 saturated heterocycles. The van der Waals surface area contributed by atoms with Crippen LogP contribution in [0.15, 0.2) is 87.6 Å². The summed E-state index contributed by atoms with van der Waals surface area (Å²) in [7, 11) is 1.73. The van der Waals surface area contributed by atoms with Crippen molar-refractivity contribution in [3.8, 4) is 17.2 Å². The van der Waals surface area contributed by atoms with E-state index < -0.39 is 28.7 Å². The zero-order valence-electron chi connectivity index (χ0n) is 37.7. The van der Waals surface area contributed by atoms with E-state index in [-0.39, 0.29) is 58.1 Å². The lowest BCUT2D eigenvalue weighted by atomic mass is 9.84. The summed E-state index contributed by atoms with van der Waals surface area (Å²) in [4.78, 5) is 47.9. The van der Waals surface area contributed by atoms with Gasteiger partial charge in [0.25, 0.3) is 5.91 Å². The molecule has 0 spiro atoms. The van der Waals surface area contributed by atoms with Crippen molar-refractivity contribution in [1.82, 2.24) is 48.1 Å². The lowest BCUT2D eigenvalue weighted by Crippen LogP contribution is -2.40. The highest BCUT2D eigenvalue weighted by Gasteiger charge is 2.61. The van der Waals surface area contributed by atoms with Crippen molar-refractivity contribution in [2.45, 2.75) is 107 Å². The Morgan fingerprint density at radius 2 is 1.73 bits per heavy atom. The van der Waals surface area contributed by atoms with E-state index in [1.807, 2.05) is 24.1 Å². The summed E-state index contributed by atoms with van der Waals surface area (Å²) in [5.74, 6) is -0.718. The van der Waals surface area contributed by atoms with Gasteiger partial charge in [0.2, 0.25) is 0 Å². The van der Waals surface area contributed by atoms with Crippen molar-refractivity contribution in [3.63, 3.8) is 0 Å². The van der Waals surface area contributed by atoms with Crippen molar-refractivity contribution in [2.24, 2.45) is 13.0 Å². The predicted molar refractivity (Wildman–Crippen MR) is 241 cm³/mol. The fourth-order valence-corrected chi connectivity index (χ4v) is 11.9. The standard InChI is InChI=1S/C50H48F2N10O5/c1-25-20-50(25,46-54-47(64)67-56-46)41-34(24-58-23-29(8-11-37(41)58)28-14-17-66-49(3,4)21-28)45(63)61-26(2)40-43(32-19-39(32)61)55-62(30-9-10-35(51)31(18-30)27-6-7-27)44(40)60-16-15-59(48(60)65)38-13-12-36-33(42(38)52)22-53-57(36)5/h8-13,15-16,18,22-28,32,39H,6-7,14,17,19-21H2,1-5H3,(H,54,56,64)/t25-,26-,28-,32?,39?,50+/m0/s1. The van der Waals surface area contributed by atoms with Crippen LogP contribution < -0.4 is 11.4 Å². The molecule has 3 aliphatic carbocycles. The maximum absolute atomic E-state index is 16.2. The number of nitrogens with one attached hydrogen (secondary N) is 1. The van der Waals surface area contributed by atoms with Gasteiger partial charge in [0, 0.05) is 61.5 Å². The zero-order valence-corrected chi connectivity index (χ0v) is 37.7. The number of halogens is 2. The summed E-state index contributed by atoms with van der Waals surface area (Å²) in [5, 5.41) is 13.9. The molecule has 13 rings (SSSR count). The van der Waals surface area contributed by atoms with Crippen molar-refractivity contribution >= 4 is 22.3 Å². The summed E-state index contributed by atoms with van der Waals surface area (Å²) in [5.41, 5.74) is 4.91. The number of amides is 1. The second-order valence-electron chi connectivity index (χ2n) is 20.2. The number of carbonyl (C=O) groups is 1. The fourth-order valence-electron chi connectivity index (χ4n) is 11.9. The van der Waals surface area contributed by atoms with Gasteiger partial charge in [-0.3, -0.25) is 28.1 Å². The zero-order chi connectivity index (χ0) is 46.0. The third-order valence-electron chi connectivity index (χ3n) is 15.6. The predicted octanol–water partition coefficient (Wildman–Crippen LogP) is 7.86. The van der Waals surface area contributed by atoms with E-state index in [1.54, 1.807) is 40.8 Å². The average Bonchev–Trinajstić information content (AvgIpc) is 4.22. The number of H-pyrrole nitrogens is 1. The number of imidazole rings is 1. The van der Waals surface area contributed by atoms with Gasteiger partial charge in [0.05, 0.1) is 62.3 Å². The van der Waals surface area contributed by atoms with E-state index in [9.17, 15) is 9.59 Å². The van der Waals surface area contributed by atoms with Crippen molar-refractivity contribution in [1.29, 1.82) is 0 Å². The van der Waals surface area contributed by atoms with Gasteiger partial charge in [0.1, 0.15) is 11.6 Å². The number of pyridine rings is 1. The molecular formula is C50H48F2N10O5. The van der Waals surface area contributed by atoms with E-state index in [1.165, 1.54) is 27.6 Å². The van der Waals surface area contributed by atoms with Crippen molar-refractivity contribution in [3.05, 3.63) is 145 Å². The molecule has 1 amide bonds. The van der Waals surface area contributed by atoms with Gasteiger partial charge in [-0.15, -0.1) is 0 Å². The number of aromatic amines is 1. The van der Waals surface area contributed by atoms with Gasteiger partial charge in [-0.05, 0) is 125 Å². The Morgan fingerprint density at radius 3 is 2.48 bits per heavy atom. The van der Waals surface area contributed by atoms with Crippen LogP contribution in [0.4, 0.5) is 8.78 Å². The summed E-state index contributed by atoms with van der Waals surface area (Å²) >= 11 is 0. The largest absolute Gasteiger partial charge is 0.438 e. The SMILES string of the molecule is C[C@H]1c2c(nn(-c3ccc(F)c(C4CC4)c3)c2-n2ccn(-c3ccc4c(cnn4C)c3F)c2=O)C2CC2N1C(=O)c1cn2cc([C@H]3CCOC(C)(C)C3)ccc2c1[C@@]1(c2noc(=O)[nH]2)C[C@@H]1C. The fraction of sp³-hybridized carbons (Fsp3) is 0.400. The summed E-state index contributed by atoms with van der Waals surface area (Å²) in [6.07, 6.45) is 13.4. The molecule has 0 bridgehead atoms. The van der Waals surface area contributed by atoms with E-state index in [0.717, 1.165) is 48.0 Å². The molecule has 2 aliphatic heterocycles. The monoisotopic (exact) mass is 906 g/mol. The molecule has 67 heavy (non-hydrogen) atoms. The highest BCUT2D eigenvalue weighted by atomic mass is 19.1. The quantitative estimate of drug-likeness (QED) is 0.162. The number of hydrogen-bond donors (Lipinski definition) is 1. The second-order valence-corrected chi connectivity index (χ2v) is 20.2. The molecule has 0 radical (unpaired) electrons. The summed E-state index contributed by atoms with van der Waals surface area (Å²) < 4.78 is 50.8. The molecule has 15 nitrogen and oxygen atoms in total. The molecule has 2 unspecified atom stereocenters. The highest BCUT2D eigenvalue weighted by Crippen LogP contribution is 2.61. The third-order valence-corrected chi connectivity index (χ3v) is 15.6. The molecule has 3 saturated carbocycles. The van der Waals surface area contributed by atoms with Crippen LogP contribution in [0.1, 0.15) is 134 Å². The van der Waals surface area contributed by atoms with Crippen LogP contribution in [0.5, 0.6) is 0 Å². The lowest BCUT2D eigenvalue weighted by Gasteiger charge is -2.35.